The first-order valence-electron chi connectivity index (χ1n) is 7.59. The minimum absolute atomic E-state index is 0.863. The topological polar surface area (TPSA) is 34.8 Å². The van der Waals surface area contributed by atoms with Crippen molar-refractivity contribution in [3.63, 3.8) is 0 Å². The van der Waals surface area contributed by atoms with Gasteiger partial charge in [0.05, 0.1) is 18.6 Å². The van der Waals surface area contributed by atoms with Crippen molar-refractivity contribution >= 4 is 10.9 Å². The van der Waals surface area contributed by atoms with Crippen LogP contribution in [0.5, 0.6) is 0 Å². The molecule has 21 heavy (non-hydrogen) atoms. The Morgan fingerprint density at radius 1 is 1.14 bits per heavy atom. The van der Waals surface area contributed by atoms with E-state index in [4.69, 9.17) is 0 Å². The Morgan fingerprint density at radius 2 is 2.05 bits per heavy atom. The molecule has 0 atom stereocenters. The lowest BCUT2D eigenvalue weighted by molar-refractivity contribution is 0.678. The highest BCUT2D eigenvalue weighted by molar-refractivity contribution is 5.80. The van der Waals surface area contributed by atoms with E-state index in [-0.39, 0.29) is 0 Å². The summed E-state index contributed by atoms with van der Waals surface area (Å²) in [4.78, 5) is 4.25. The zero-order chi connectivity index (χ0) is 14.7. The van der Waals surface area contributed by atoms with E-state index < -0.39 is 0 Å². The summed E-state index contributed by atoms with van der Waals surface area (Å²) in [6.07, 6.45) is 6.02. The van der Waals surface area contributed by atoms with E-state index >= 15 is 0 Å². The minimum atomic E-state index is 0.863. The number of imidazole rings is 1. The number of aryl methyl sites for hydroxylation is 1. The summed E-state index contributed by atoms with van der Waals surface area (Å²) in [5.74, 6) is 0. The lowest BCUT2D eigenvalue weighted by Gasteiger charge is -2.09. The zero-order valence-electron chi connectivity index (χ0n) is 12.7. The number of hydrogen-bond donors (Lipinski definition) is 1. The van der Waals surface area contributed by atoms with Crippen LogP contribution in [0.25, 0.3) is 10.9 Å². The molecule has 0 amide bonds. The molecule has 0 fully saturated rings. The SMILES string of the molecule is CCNCc1ccc2ccn(Cc3cncn3CC)c2c1. The van der Waals surface area contributed by atoms with Crippen LogP contribution in [0.4, 0.5) is 0 Å². The highest BCUT2D eigenvalue weighted by Crippen LogP contribution is 2.19. The Kier molecular flexibility index (Phi) is 4.06. The van der Waals surface area contributed by atoms with E-state index in [1.807, 2.05) is 12.5 Å². The number of fused-ring (bicyclic) bond motifs is 1. The van der Waals surface area contributed by atoms with Crippen LogP contribution in [0, 0.1) is 0 Å². The summed E-state index contributed by atoms with van der Waals surface area (Å²) in [5.41, 5.74) is 3.86. The van der Waals surface area contributed by atoms with E-state index in [0.29, 0.717) is 0 Å². The first-order valence-corrected chi connectivity index (χ1v) is 7.59. The Bertz CT molecular complexity index is 723. The molecule has 1 N–H and O–H groups in total. The third-order valence-corrected chi connectivity index (χ3v) is 3.89. The minimum Gasteiger partial charge on any atom is -0.341 e. The van der Waals surface area contributed by atoms with Crippen LogP contribution < -0.4 is 5.32 Å². The predicted octanol–water partition coefficient (Wildman–Crippen LogP) is 3.02. The second kappa shape index (κ2) is 6.14. The summed E-state index contributed by atoms with van der Waals surface area (Å²) in [6, 6.07) is 8.87. The zero-order valence-corrected chi connectivity index (χ0v) is 12.7. The molecule has 0 radical (unpaired) electrons. The fourth-order valence-corrected chi connectivity index (χ4v) is 2.69. The van der Waals surface area contributed by atoms with Gasteiger partial charge in [0.2, 0.25) is 0 Å². The molecular formula is C17H22N4. The molecule has 3 rings (SSSR count). The normalized spacial score (nSPS) is 11.3. The molecule has 1 aromatic carbocycles. The van der Waals surface area contributed by atoms with Crippen LogP contribution >= 0.6 is 0 Å². The lowest BCUT2D eigenvalue weighted by atomic mass is 10.1. The summed E-state index contributed by atoms with van der Waals surface area (Å²) in [5, 5.41) is 4.67. The summed E-state index contributed by atoms with van der Waals surface area (Å²) in [7, 11) is 0. The number of hydrogen-bond acceptors (Lipinski definition) is 2. The number of aromatic nitrogens is 3. The molecule has 0 saturated heterocycles. The predicted molar refractivity (Wildman–Crippen MR) is 86.3 cm³/mol. The fraction of sp³-hybridized carbons (Fsp3) is 0.353. The van der Waals surface area contributed by atoms with Crippen LogP contribution in [0.15, 0.2) is 43.0 Å². The van der Waals surface area contributed by atoms with Crippen molar-refractivity contribution in [1.82, 2.24) is 19.4 Å². The largest absolute Gasteiger partial charge is 0.341 e. The summed E-state index contributed by atoms with van der Waals surface area (Å²) in [6.45, 7) is 8.02. The fourth-order valence-electron chi connectivity index (χ4n) is 2.69. The molecule has 2 aromatic heterocycles. The van der Waals surface area contributed by atoms with Gasteiger partial charge in [0, 0.05) is 31.0 Å². The summed E-state index contributed by atoms with van der Waals surface area (Å²) >= 11 is 0. The van der Waals surface area contributed by atoms with Gasteiger partial charge in [-0.25, -0.2) is 4.98 Å². The maximum Gasteiger partial charge on any atom is 0.0948 e. The van der Waals surface area contributed by atoms with E-state index in [2.05, 4.69) is 63.7 Å². The standard InChI is InChI=1S/C17H22N4/c1-3-18-10-14-5-6-15-7-8-21(17(15)9-14)12-16-11-19-13-20(16)4-2/h5-9,11,13,18H,3-4,10,12H2,1-2H3. The number of nitrogens with zero attached hydrogens (tertiary/aromatic N) is 3. The van der Waals surface area contributed by atoms with Gasteiger partial charge in [0.1, 0.15) is 0 Å². The van der Waals surface area contributed by atoms with Gasteiger partial charge in [-0.15, -0.1) is 0 Å². The van der Waals surface area contributed by atoms with Crippen LogP contribution in [0.3, 0.4) is 0 Å². The molecule has 4 nitrogen and oxygen atoms in total. The second-order valence-electron chi connectivity index (χ2n) is 5.29. The van der Waals surface area contributed by atoms with Crippen molar-refractivity contribution < 1.29 is 0 Å². The molecule has 4 heteroatoms. The van der Waals surface area contributed by atoms with E-state index in [0.717, 1.165) is 26.2 Å². The third kappa shape index (κ3) is 2.85. The Balaban J connectivity index is 1.91. The lowest BCUT2D eigenvalue weighted by Crippen LogP contribution is -2.11. The number of benzene rings is 1. The molecule has 0 aliphatic rings. The molecule has 0 saturated carbocycles. The quantitative estimate of drug-likeness (QED) is 0.754. The van der Waals surface area contributed by atoms with Crippen molar-refractivity contribution in [3.8, 4) is 0 Å². The molecule has 0 bridgehead atoms. The van der Waals surface area contributed by atoms with Crippen molar-refractivity contribution in [1.29, 1.82) is 0 Å². The monoisotopic (exact) mass is 282 g/mol. The van der Waals surface area contributed by atoms with Crippen molar-refractivity contribution in [3.05, 3.63) is 54.2 Å². The van der Waals surface area contributed by atoms with Gasteiger partial charge < -0.3 is 14.5 Å². The Morgan fingerprint density at radius 3 is 2.86 bits per heavy atom. The molecule has 2 heterocycles. The van der Waals surface area contributed by atoms with E-state index in [9.17, 15) is 0 Å². The van der Waals surface area contributed by atoms with Crippen LogP contribution in [0.2, 0.25) is 0 Å². The van der Waals surface area contributed by atoms with Crippen molar-refractivity contribution in [2.75, 3.05) is 6.54 Å². The average Bonchev–Trinajstić information content (AvgIpc) is 3.12. The average molecular weight is 282 g/mol. The van der Waals surface area contributed by atoms with Gasteiger partial charge in [0.25, 0.3) is 0 Å². The van der Waals surface area contributed by atoms with Gasteiger partial charge in [-0.3, -0.25) is 0 Å². The molecule has 110 valence electrons. The second-order valence-corrected chi connectivity index (χ2v) is 5.29. The molecular weight excluding hydrogens is 260 g/mol. The Labute approximate surface area is 125 Å². The summed E-state index contributed by atoms with van der Waals surface area (Å²) < 4.78 is 4.49. The maximum absolute atomic E-state index is 4.25. The molecule has 0 spiro atoms. The van der Waals surface area contributed by atoms with Crippen LogP contribution in [0.1, 0.15) is 25.1 Å². The molecule has 3 aromatic rings. The smallest absolute Gasteiger partial charge is 0.0948 e. The van der Waals surface area contributed by atoms with Gasteiger partial charge in [-0.1, -0.05) is 19.1 Å². The first kappa shape index (κ1) is 13.9. The van der Waals surface area contributed by atoms with Gasteiger partial charge in [-0.05, 0) is 36.6 Å². The van der Waals surface area contributed by atoms with Crippen molar-refractivity contribution in [2.24, 2.45) is 0 Å². The third-order valence-electron chi connectivity index (χ3n) is 3.89. The highest BCUT2D eigenvalue weighted by Gasteiger charge is 2.06. The number of nitrogens with one attached hydrogen (secondary N) is 1. The van der Waals surface area contributed by atoms with E-state index in [1.165, 1.54) is 22.2 Å². The highest BCUT2D eigenvalue weighted by atomic mass is 15.1. The van der Waals surface area contributed by atoms with Gasteiger partial charge >= 0.3 is 0 Å². The van der Waals surface area contributed by atoms with E-state index in [1.54, 1.807) is 0 Å². The van der Waals surface area contributed by atoms with Gasteiger partial charge in [0.15, 0.2) is 0 Å². The van der Waals surface area contributed by atoms with Crippen LogP contribution in [-0.4, -0.2) is 20.7 Å². The Hall–Kier alpha value is -2.07. The van der Waals surface area contributed by atoms with Crippen molar-refractivity contribution in [2.45, 2.75) is 33.5 Å². The maximum atomic E-state index is 4.25. The molecule has 0 aliphatic heterocycles. The van der Waals surface area contributed by atoms with Gasteiger partial charge in [-0.2, -0.15) is 0 Å². The molecule has 0 unspecified atom stereocenters. The van der Waals surface area contributed by atoms with Crippen LogP contribution in [-0.2, 0) is 19.6 Å². The number of rotatable bonds is 6. The molecule has 0 aliphatic carbocycles. The first-order chi connectivity index (χ1) is 10.3.